The molecule has 1 aliphatic carbocycles. The molecule has 21 heavy (non-hydrogen) atoms. The lowest BCUT2D eigenvalue weighted by Gasteiger charge is -2.32. The summed E-state index contributed by atoms with van der Waals surface area (Å²) in [6.07, 6.45) is 3.70. The van der Waals surface area contributed by atoms with Crippen molar-refractivity contribution >= 4 is 11.0 Å². The normalized spacial score (nSPS) is 22.8. The molecular formula is C17H25N3O. The zero-order chi connectivity index (χ0) is 15.4. The summed E-state index contributed by atoms with van der Waals surface area (Å²) >= 11 is 0. The Hall–Kier alpha value is -1.55. The van der Waals surface area contributed by atoms with Gasteiger partial charge in [0.05, 0.1) is 11.0 Å². The average molecular weight is 287 g/mol. The predicted molar refractivity (Wildman–Crippen MR) is 86.2 cm³/mol. The average Bonchev–Trinajstić information content (AvgIpc) is 2.91. The van der Waals surface area contributed by atoms with Gasteiger partial charge in [0, 0.05) is 20.1 Å². The highest BCUT2D eigenvalue weighted by atomic mass is 16.1. The standard InChI is InChI=1S/C17H25N3O/c1-17(2)9-5-6-12(17)15(18)11-7-8-13-14(10-11)20(4)16(21)19(13)3/h7-8,10,12,15H,5-6,9,18H2,1-4H3. The van der Waals surface area contributed by atoms with E-state index in [9.17, 15) is 4.79 Å². The first-order valence-corrected chi connectivity index (χ1v) is 7.74. The monoisotopic (exact) mass is 287 g/mol. The molecule has 0 amide bonds. The van der Waals surface area contributed by atoms with Gasteiger partial charge in [0.15, 0.2) is 0 Å². The first-order valence-electron chi connectivity index (χ1n) is 7.74. The first-order chi connectivity index (χ1) is 9.83. The number of rotatable bonds is 2. The van der Waals surface area contributed by atoms with Crippen molar-refractivity contribution < 1.29 is 0 Å². The van der Waals surface area contributed by atoms with Gasteiger partial charge in [-0.15, -0.1) is 0 Å². The second kappa shape index (κ2) is 4.73. The van der Waals surface area contributed by atoms with Gasteiger partial charge >= 0.3 is 5.69 Å². The van der Waals surface area contributed by atoms with Crippen LogP contribution in [0.15, 0.2) is 23.0 Å². The molecule has 2 unspecified atom stereocenters. The summed E-state index contributed by atoms with van der Waals surface area (Å²) in [7, 11) is 3.63. The molecule has 3 rings (SSSR count). The van der Waals surface area contributed by atoms with Gasteiger partial charge in [0.1, 0.15) is 0 Å². The molecule has 0 saturated heterocycles. The molecule has 1 heterocycles. The highest BCUT2D eigenvalue weighted by Crippen LogP contribution is 2.47. The van der Waals surface area contributed by atoms with E-state index in [0.29, 0.717) is 11.3 Å². The fourth-order valence-electron chi connectivity index (χ4n) is 3.98. The quantitative estimate of drug-likeness (QED) is 0.923. The van der Waals surface area contributed by atoms with Crippen LogP contribution in [0.1, 0.15) is 44.7 Å². The molecule has 4 nitrogen and oxygen atoms in total. The number of aryl methyl sites for hydroxylation is 2. The second-order valence-corrected chi connectivity index (χ2v) is 7.16. The van der Waals surface area contributed by atoms with Crippen molar-refractivity contribution in [3.8, 4) is 0 Å². The van der Waals surface area contributed by atoms with Crippen LogP contribution in [0.2, 0.25) is 0 Å². The van der Waals surface area contributed by atoms with Gasteiger partial charge in [0.2, 0.25) is 0 Å². The van der Waals surface area contributed by atoms with E-state index in [1.54, 1.807) is 9.13 Å². The molecule has 2 aromatic rings. The van der Waals surface area contributed by atoms with Gasteiger partial charge in [-0.3, -0.25) is 9.13 Å². The summed E-state index contributed by atoms with van der Waals surface area (Å²) in [4.78, 5) is 12.0. The summed E-state index contributed by atoms with van der Waals surface area (Å²) in [6.45, 7) is 4.64. The predicted octanol–water partition coefficient (Wildman–Crippen LogP) is 2.70. The molecular weight excluding hydrogens is 262 g/mol. The third kappa shape index (κ3) is 2.13. The fraction of sp³-hybridized carbons (Fsp3) is 0.588. The Morgan fingerprint density at radius 1 is 1.24 bits per heavy atom. The Labute approximate surface area is 125 Å². The van der Waals surface area contributed by atoms with Crippen LogP contribution in [-0.4, -0.2) is 9.13 Å². The van der Waals surface area contributed by atoms with Crippen molar-refractivity contribution in [2.24, 2.45) is 31.2 Å². The van der Waals surface area contributed by atoms with Crippen LogP contribution < -0.4 is 11.4 Å². The minimum atomic E-state index is 0.0110. The Morgan fingerprint density at radius 3 is 2.52 bits per heavy atom. The number of aromatic nitrogens is 2. The van der Waals surface area contributed by atoms with Crippen LogP contribution in [0.4, 0.5) is 0 Å². The number of nitrogens with two attached hydrogens (primary N) is 1. The van der Waals surface area contributed by atoms with Crippen LogP contribution in [0, 0.1) is 11.3 Å². The first kappa shape index (κ1) is 14.4. The van der Waals surface area contributed by atoms with Crippen molar-refractivity contribution in [1.82, 2.24) is 9.13 Å². The van der Waals surface area contributed by atoms with Crippen molar-refractivity contribution in [2.75, 3.05) is 0 Å². The van der Waals surface area contributed by atoms with Gasteiger partial charge in [-0.05, 0) is 41.9 Å². The molecule has 1 aliphatic rings. The Kier molecular flexibility index (Phi) is 3.24. The molecule has 0 aliphatic heterocycles. The minimum absolute atomic E-state index is 0.0110. The fourth-order valence-corrected chi connectivity index (χ4v) is 3.98. The van der Waals surface area contributed by atoms with Gasteiger partial charge in [0.25, 0.3) is 0 Å². The van der Waals surface area contributed by atoms with Crippen molar-refractivity contribution in [3.63, 3.8) is 0 Å². The van der Waals surface area contributed by atoms with Crippen LogP contribution >= 0.6 is 0 Å². The SMILES string of the molecule is Cn1c(=O)n(C)c2cc(C(N)C3CCCC3(C)C)ccc21. The van der Waals surface area contributed by atoms with E-state index in [2.05, 4.69) is 26.0 Å². The molecule has 2 N–H and O–H groups in total. The number of hydrogen-bond donors (Lipinski definition) is 1. The molecule has 1 aromatic heterocycles. The molecule has 2 atom stereocenters. The van der Waals surface area contributed by atoms with E-state index in [1.165, 1.54) is 19.3 Å². The van der Waals surface area contributed by atoms with Crippen molar-refractivity contribution in [3.05, 3.63) is 34.2 Å². The zero-order valence-corrected chi connectivity index (χ0v) is 13.4. The number of hydrogen-bond acceptors (Lipinski definition) is 2. The van der Waals surface area contributed by atoms with Crippen molar-refractivity contribution in [1.29, 1.82) is 0 Å². The van der Waals surface area contributed by atoms with E-state index in [-0.39, 0.29) is 11.7 Å². The summed E-state index contributed by atoms with van der Waals surface area (Å²) in [6, 6.07) is 6.24. The second-order valence-electron chi connectivity index (χ2n) is 7.16. The highest BCUT2D eigenvalue weighted by molar-refractivity contribution is 5.77. The summed E-state index contributed by atoms with van der Waals surface area (Å²) in [5, 5.41) is 0. The van der Waals surface area contributed by atoms with Gasteiger partial charge < -0.3 is 5.73 Å². The zero-order valence-electron chi connectivity index (χ0n) is 13.4. The Morgan fingerprint density at radius 2 is 1.90 bits per heavy atom. The van der Waals surface area contributed by atoms with Gasteiger partial charge in [-0.1, -0.05) is 26.3 Å². The van der Waals surface area contributed by atoms with Crippen LogP contribution in [0.5, 0.6) is 0 Å². The molecule has 0 bridgehead atoms. The van der Waals surface area contributed by atoms with E-state index in [0.717, 1.165) is 16.6 Å². The maximum atomic E-state index is 12.0. The Bertz CT molecular complexity index is 738. The van der Waals surface area contributed by atoms with Gasteiger partial charge in [-0.2, -0.15) is 0 Å². The lowest BCUT2D eigenvalue weighted by Crippen LogP contribution is -2.29. The smallest absolute Gasteiger partial charge is 0.324 e. The molecule has 1 fully saturated rings. The van der Waals surface area contributed by atoms with E-state index in [4.69, 9.17) is 5.73 Å². The number of fused-ring (bicyclic) bond motifs is 1. The topological polar surface area (TPSA) is 53.0 Å². The molecule has 1 aromatic carbocycles. The van der Waals surface area contributed by atoms with Gasteiger partial charge in [-0.25, -0.2) is 4.79 Å². The highest BCUT2D eigenvalue weighted by Gasteiger charge is 2.38. The molecule has 0 spiro atoms. The molecule has 4 heteroatoms. The van der Waals surface area contributed by atoms with E-state index in [1.807, 2.05) is 20.2 Å². The number of nitrogens with zero attached hydrogens (tertiary/aromatic N) is 2. The molecule has 0 radical (unpaired) electrons. The summed E-state index contributed by atoms with van der Waals surface area (Å²) < 4.78 is 3.38. The third-order valence-corrected chi connectivity index (χ3v) is 5.45. The summed E-state index contributed by atoms with van der Waals surface area (Å²) in [5.74, 6) is 0.510. The maximum absolute atomic E-state index is 12.0. The number of benzene rings is 1. The summed E-state index contributed by atoms with van der Waals surface area (Å²) in [5.41, 5.74) is 9.95. The van der Waals surface area contributed by atoms with Crippen LogP contribution in [-0.2, 0) is 14.1 Å². The van der Waals surface area contributed by atoms with Crippen LogP contribution in [0.3, 0.4) is 0 Å². The van der Waals surface area contributed by atoms with E-state index < -0.39 is 0 Å². The third-order valence-electron chi connectivity index (χ3n) is 5.45. The lowest BCUT2D eigenvalue weighted by molar-refractivity contribution is 0.222. The molecule has 1 saturated carbocycles. The van der Waals surface area contributed by atoms with Crippen LogP contribution in [0.25, 0.3) is 11.0 Å². The molecule has 114 valence electrons. The minimum Gasteiger partial charge on any atom is -0.324 e. The largest absolute Gasteiger partial charge is 0.328 e. The van der Waals surface area contributed by atoms with Crippen molar-refractivity contribution in [2.45, 2.75) is 39.2 Å². The van der Waals surface area contributed by atoms with E-state index >= 15 is 0 Å². The number of imidazole rings is 1. The Balaban J connectivity index is 2.05. The maximum Gasteiger partial charge on any atom is 0.328 e. The lowest BCUT2D eigenvalue weighted by atomic mass is 9.76.